The molecule has 31 heavy (non-hydrogen) atoms. The average Bonchev–Trinajstić information content (AvgIpc) is 2.70. The van der Waals surface area contributed by atoms with Gasteiger partial charge in [-0.3, -0.25) is 0 Å². The van der Waals surface area contributed by atoms with Crippen LogP contribution in [0.5, 0.6) is 11.5 Å². The van der Waals surface area contributed by atoms with E-state index in [1.165, 1.54) is 11.1 Å². The van der Waals surface area contributed by atoms with Gasteiger partial charge in [0.05, 0.1) is 0 Å². The van der Waals surface area contributed by atoms with Gasteiger partial charge >= 0.3 is 0 Å². The average molecular weight is 434 g/mol. The lowest BCUT2D eigenvalue weighted by Gasteiger charge is -2.18. The number of halogens is 1. The summed E-state index contributed by atoms with van der Waals surface area (Å²) in [6.07, 6.45) is 2.03. The van der Waals surface area contributed by atoms with Crippen molar-refractivity contribution in [3.05, 3.63) is 106 Å². The van der Waals surface area contributed by atoms with E-state index in [1.807, 2.05) is 61.6 Å². The highest BCUT2D eigenvalue weighted by molar-refractivity contribution is 6.30. The number of hydrogen-bond acceptors (Lipinski definition) is 3. The van der Waals surface area contributed by atoms with Crippen LogP contribution in [-0.2, 0) is 6.61 Å². The van der Waals surface area contributed by atoms with Crippen molar-refractivity contribution >= 4 is 22.7 Å². The molecule has 0 spiro atoms. The molecular formula is C27H28ClNO2. The smallest absolute Gasteiger partial charge is 0.127 e. The molecule has 0 aliphatic carbocycles. The Morgan fingerprint density at radius 3 is 2.23 bits per heavy atom. The molecule has 3 nitrogen and oxygen atoms in total. The molecule has 0 saturated heterocycles. The Morgan fingerprint density at radius 1 is 1.00 bits per heavy atom. The Labute approximate surface area is 189 Å². The maximum absolute atomic E-state index is 10.7. The van der Waals surface area contributed by atoms with Crippen LogP contribution in [0.1, 0.15) is 27.8 Å². The first-order valence-corrected chi connectivity index (χ1v) is 10.5. The number of aromatic hydroxyl groups is 1. The zero-order valence-electron chi connectivity index (χ0n) is 18.4. The van der Waals surface area contributed by atoms with Gasteiger partial charge in [0.1, 0.15) is 18.1 Å². The lowest BCUT2D eigenvalue weighted by Crippen LogP contribution is -2.04. The Hall–Kier alpha value is -3.17. The van der Waals surface area contributed by atoms with Crippen molar-refractivity contribution in [2.24, 2.45) is 0 Å². The molecule has 0 radical (unpaired) electrons. The van der Waals surface area contributed by atoms with Crippen LogP contribution in [0.3, 0.4) is 0 Å². The summed E-state index contributed by atoms with van der Waals surface area (Å²) < 4.78 is 5.83. The molecule has 1 N–H and O–H groups in total. The highest BCUT2D eigenvalue weighted by atomic mass is 35.5. The summed E-state index contributed by atoms with van der Waals surface area (Å²) in [6, 6.07) is 19.2. The molecule has 0 bridgehead atoms. The molecule has 0 saturated carbocycles. The predicted molar refractivity (Wildman–Crippen MR) is 131 cm³/mol. The molecule has 0 heterocycles. The van der Waals surface area contributed by atoms with Crippen molar-refractivity contribution in [1.82, 2.24) is 4.90 Å². The van der Waals surface area contributed by atoms with Crippen molar-refractivity contribution in [1.29, 1.82) is 0 Å². The van der Waals surface area contributed by atoms with Gasteiger partial charge in [0.2, 0.25) is 0 Å². The topological polar surface area (TPSA) is 32.7 Å². The van der Waals surface area contributed by atoms with Gasteiger partial charge in [0.25, 0.3) is 0 Å². The van der Waals surface area contributed by atoms with Crippen LogP contribution in [0.4, 0.5) is 0 Å². The summed E-state index contributed by atoms with van der Waals surface area (Å²) in [5, 5.41) is 11.4. The minimum atomic E-state index is 0.132. The van der Waals surface area contributed by atoms with Gasteiger partial charge in [0, 0.05) is 42.5 Å². The molecule has 0 aliphatic heterocycles. The fourth-order valence-electron chi connectivity index (χ4n) is 3.46. The number of benzene rings is 3. The van der Waals surface area contributed by atoms with E-state index >= 15 is 0 Å². The van der Waals surface area contributed by atoms with Gasteiger partial charge in [-0.25, -0.2) is 0 Å². The van der Waals surface area contributed by atoms with Crippen LogP contribution < -0.4 is 4.74 Å². The molecule has 3 rings (SSSR count). The number of hydrogen-bond donors (Lipinski definition) is 1. The number of aryl methyl sites for hydroxylation is 2. The SMILES string of the molecule is C=C(/C(=C\N(C)C)c1cc(C)cc(C)c1)c1ccc(OCc2ccc(Cl)cc2)cc1O. The lowest BCUT2D eigenvalue weighted by molar-refractivity contribution is 0.304. The van der Waals surface area contributed by atoms with Gasteiger partial charge in [-0.05, 0) is 54.8 Å². The number of ether oxygens (including phenoxy) is 1. The molecule has 3 aromatic carbocycles. The second kappa shape index (κ2) is 9.76. The first-order chi connectivity index (χ1) is 14.7. The predicted octanol–water partition coefficient (Wildman–Crippen LogP) is 6.86. The summed E-state index contributed by atoms with van der Waals surface area (Å²) in [5.74, 6) is 0.723. The van der Waals surface area contributed by atoms with Crippen LogP contribution >= 0.6 is 11.6 Å². The quantitative estimate of drug-likeness (QED) is 0.413. The first kappa shape index (κ1) is 22.5. The van der Waals surface area contributed by atoms with Gasteiger partial charge in [-0.15, -0.1) is 0 Å². The second-order valence-corrected chi connectivity index (χ2v) is 8.39. The monoisotopic (exact) mass is 433 g/mol. The van der Waals surface area contributed by atoms with Crippen molar-refractivity contribution in [3.63, 3.8) is 0 Å². The van der Waals surface area contributed by atoms with Crippen molar-refractivity contribution in [2.45, 2.75) is 20.5 Å². The summed E-state index contributed by atoms with van der Waals surface area (Å²) in [6.45, 7) is 8.85. The summed E-state index contributed by atoms with van der Waals surface area (Å²) in [7, 11) is 3.95. The molecule has 160 valence electrons. The summed E-state index contributed by atoms with van der Waals surface area (Å²) in [4.78, 5) is 1.98. The van der Waals surface area contributed by atoms with E-state index in [0.29, 0.717) is 22.9 Å². The van der Waals surface area contributed by atoms with Gasteiger partial charge in [-0.2, -0.15) is 0 Å². The second-order valence-electron chi connectivity index (χ2n) is 7.96. The summed E-state index contributed by atoms with van der Waals surface area (Å²) >= 11 is 5.93. The van der Waals surface area contributed by atoms with Crippen LogP contribution in [0.2, 0.25) is 5.02 Å². The minimum absolute atomic E-state index is 0.132. The van der Waals surface area contributed by atoms with Gasteiger partial charge in [0.15, 0.2) is 0 Å². The lowest BCUT2D eigenvalue weighted by atomic mass is 9.91. The van der Waals surface area contributed by atoms with Crippen LogP contribution in [0.25, 0.3) is 11.1 Å². The Bertz CT molecular complexity index is 1090. The normalized spacial score (nSPS) is 11.3. The Balaban J connectivity index is 1.85. The maximum Gasteiger partial charge on any atom is 0.127 e. The highest BCUT2D eigenvalue weighted by Gasteiger charge is 2.14. The molecule has 0 atom stereocenters. The molecule has 0 fully saturated rings. The van der Waals surface area contributed by atoms with E-state index in [1.54, 1.807) is 6.07 Å². The molecule has 4 heteroatoms. The third-order valence-electron chi connectivity index (χ3n) is 4.86. The molecule has 0 aromatic heterocycles. The Morgan fingerprint density at radius 2 is 1.65 bits per heavy atom. The zero-order chi connectivity index (χ0) is 22.5. The van der Waals surface area contributed by atoms with E-state index in [0.717, 1.165) is 22.3 Å². The molecule has 0 unspecified atom stereocenters. The zero-order valence-corrected chi connectivity index (χ0v) is 19.2. The van der Waals surface area contributed by atoms with E-state index in [9.17, 15) is 5.11 Å². The van der Waals surface area contributed by atoms with Crippen LogP contribution in [0, 0.1) is 13.8 Å². The summed E-state index contributed by atoms with van der Waals surface area (Å²) in [5.41, 5.74) is 6.82. The van der Waals surface area contributed by atoms with E-state index in [2.05, 4.69) is 38.6 Å². The van der Waals surface area contributed by atoms with E-state index < -0.39 is 0 Å². The Kier molecular flexibility index (Phi) is 7.09. The number of nitrogens with zero attached hydrogens (tertiary/aromatic N) is 1. The van der Waals surface area contributed by atoms with Crippen molar-refractivity contribution < 1.29 is 9.84 Å². The van der Waals surface area contributed by atoms with Gasteiger partial charge < -0.3 is 14.7 Å². The number of allylic oxidation sites excluding steroid dienone is 2. The standard InChI is InChI=1S/C27H28ClNO2/c1-18-12-19(2)14-22(13-18)26(16-29(4)5)20(3)25-11-10-24(15-27(25)30)31-17-21-6-8-23(28)9-7-21/h6-16,30H,3,17H2,1-2,4-5H3/b26-16+. The third-order valence-corrected chi connectivity index (χ3v) is 5.11. The minimum Gasteiger partial charge on any atom is -0.507 e. The van der Waals surface area contributed by atoms with Crippen LogP contribution in [0.15, 0.2) is 73.4 Å². The van der Waals surface area contributed by atoms with Crippen molar-refractivity contribution in [3.8, 4) is 11.5 Å². The largest absolute Gasteiger partial charge is 0.507 e. The van der Waals surface area contributed by atoms with E-state index in [-0.39, 0.29) is 5.75 Å². The fraction of sp³-hybridized carbons (Fsp3) is 0.185. The van der Waals surface area contributed by atoms with E-state index in [4.69, 9.17) is 16.3 Å². The maximum atomic E-state index is 10.7. The molecule has 3 aromatic rings. The fourth-order valence-corrected chi connectivity index (χ4v) is 3.59. The van der Waals surface area contributed by atoms with Crippen molar-refractivity contribution in [2.75, 3.05) is 14.1 Å². The van der Waals surface area contributed by atoms with Gasteiger partial charge in [-0.1, -0.05) is 59.6 Å². The third kappa shape index (κ3) is 5.93. The number of rotatable bonds is 7. The number of phenolic OH excluding ortho intramolecular Hbond substituents is 1. The molecule has 0 aliphatic rings. The number of phenols is 1. The highest BCUT2D eigenvalue weighted by Crippen LogP contribution is 2.37. The van der Waals surface area contributed by atoms with Crippen LogP contribution in [-0.4, -0.2) is 24.1 Å². The first-order valence-electron chi connectivity index (χ1n) is 10.1. The molecule has 0 amide bonds. The molecular weight excluding hydrogens is 406 g/mol.